The van der Waals surface area contributed by atoms with Gasteiger partial charge in [0.05, 0.1) is 0 Å². The Labute approximate surface area is 167 Å². The maximum atomic E-state index is 2.64. The summed E-state index contributed by atoms with van der Waals surface area (Å²) in [5.74, 6) is 0. The molecule has 3 rings (SSSR count). The van der Waals surface area contributed by atoms with Crippen molar-refractivity contribution in [1.29, 1.82) is 0 Å². The van der Waals surface area contributed by atoms with Crippen molar-refractivity contribution in [2.45, 2.75) is 59.5 Å². The van der Waals surface area contributed by atoms with Gasteiger partial charge in [-0.05, 0) is 49.0 Å². The Bertz CT molecular complexity index is 617. The summed E-state index contributed by atoms with van der Waals surface area (Å²) in [6, 6.07) is 20.0. The number of hydrogen-bond acceptors (Lipinski definition) is 2. The number of aryl methyl sites for hydroxylation is 1. The summed E-state index contributed by atoms with van der Waals surface area (Å²) in [5, 5.41) is 0. The van der Waals surface area contributed by atoms with Gasteiger partial charge in [-0.3, -0.25) is 4.90 Å². The fourth-order valence-electron chi connectivity index (χ4n) is 3.73. The first-order valence-electron chi connectivity index (χ1n) is 10.9. The summed E-state index contributed by atoms with van der Waals surface area (Å²) >= 11 is 0. The molecule has 2 heteroatoms. The van der Waals surface area contributed by atoms with E-state index in [2.05, 4.69) is 71.3 Å². The quantitative estimate of drug-likeness (QED) is 0.586. The van der Waals surface area contributed by atoms with Crippen molar-refractivity contribution in [3.8, 4) is 0 Å². The number of piperidine rings is 1. The zero-order valence-corrected chi connectivity index (χ0v) is 17.7. The van der Waals surface area contributed by atoms with Crippen molar-refractivity contribution < 1.29 is 0 Å². The number of rotatable bonds is 8. The summed E-state index contributed by atoms with van der Waals surface area (Å²) < 4.78 is 0. The largest absolute Gasteiger partial charge is 0.302 e. The highest BCUT2D eigenvalue weighted by Crippen LogP contribution is 2.14. The van der Waals surface area contributed by atoms with E-state index in [0.29, 0.717) is 0 Å². The van der Waals surface area contributed by atoms with Crippen LogP contribution in [-0.4, -0.2) is 36.0 Å². The molecule has 2 aromatic rings. The average Bonchev–Trinajstić information content (AvgIpc) is 2.75. The predicted molar refractivity (Wildman–Crippen MR) is 118 cm³/mol. The molecule has 1 heterocycles. The lowest BCUT2D eigenvalue weighted by Gasteiger charge is -2.30. The van der Waals surface area contributed by atoms with Crippen LogP contribution in [0.5, 0.6) is 0 Å². The Balaban J connectivity index is 0.00000126. The van der Waals surface area contributed by atoms with Crippen molar-refractivity contribution in [1.82, 2.24) is 9.80 Å². The summed E-state index contributed by atoms with van der Waals surface area (Å²) in [4.78, 5) is 5.25. The molecule has 1 fully saturated rings. The van der Waals surface area contributed by atoms with Crippen LogP contribution in [-0.2, 0) is 19.5 Å². The van der Waals surface area contributed by atoms with E-state index < -0.39 is 0 Å². The van der Waals surface area contributed by atoms with Gasteiger partial charge in [-0.25, -0.2) is 0 Å². The van der Waals surface area contributed by atoms with Gasteiger partial charge >= 0.3 is 0 Å². The second-order valence-electron chi connectivity index (χ2n) is 7.27. The van der Waals surface area contributed by atoms with Gasteiger partial charge in [0.2, 0.25) is 0 Å². The van der Waals surface area contributed by atoms with Gasteiger partial charge in [-0.2, -0.15) is 0 Å². The topological polar surface area (TPSA) is 6.48 Å². The molecule has 0 unspecified atom stereocenters. The molecule has 0 bridgehead atoms. The Morgan fingerprint density at radius 1 is 0.778 bits per heavy atom. The highest BCUT2D eigenvalue weighted by molar-refractivity contribution is 5.23. The van der Waals surface area contributed by atoms with Gasteiger partial charge in [0.1, 0.15) is 0 Å². The summed E-state index contributed by atoms with van der Waals surface area (Å²) in [6.45, 7) is 13.2. The predicted octanol–water partition coefficient (Wildman–Crippen LogP) is 5.76. The Morgan fingerprint density at radius 3 is 2.11 bits per heavy atom. The zero-order chi connectivity index (χ0) is 19.3. The molecule has 0 saturated carbocycles. The van der Waals surface area contributed by atoms with Crippen molar-refractivity contribution in [2.24, 2.45) is 0 Å². The molecule has 0 amide bonds. The highest BCUT2D eigenvalue weighted by Gasteiger charge is 2.13. The number of likely N-dealkylation sites (tertiary alicyclic amines) is 1. The summed E-state index contributed by atoms with van der Waals surface area (Å²) in [5.41, 5.74) is 4.29. The standard InChI is InChI=1S/C23H32N2.C2H6/c1-2-21-12-9-13-23(18-21)20-25(19-22-10-5-3-6-11-22)17-16-24-14-7-4-8-15-24;1-2/h3,5-6,9-13,18H,2,4,7-8,14-17,19-20H2,1H3;1-2H3. The Kier molecular flexibility index (Phi) is 10.2. The zero-order valence-electron chi connectivity index (χ0n) is 17.7. The van der Waals surface area contributed by atoms with E-state index in [0.717, 1.165) is 26.1 Å². The maximum absolute atomic E-state index is 2.64. The molecule has 2 aromatic carbocycles. The third-order valence-corrected chi connectivity index (χ3v) is 5.24. The van der Waals surface area contributed by atoms with Crippen LogP contribution in [0.4, 0.5) is 0 Å². The normalized spacial score (nSPS) is 14.7. The molecule has 1 saturated heterocycles. The van der Waals surface area contributed by atoms with Crippen LogP contribution in [0, 0.1) is 0 Å². The van der Waals surface area contributed by atoms with E-state index in [9.17, 15) is 0 Å². The minimum Gasteiger partial charge on any atom is -0.302 e. The third-order valence-electron chi connectivity index (χ3n) is 5.24. The van der Waals surface area contributed by atoms with Crippen LogP contribution in [0.25, 0.3) is 0 Å². The first kappa shape index (κ1) is 21.7. The van der Waals surface area contributed by atoms with Crippen molar-refractivity contribution in [2.75, 3.05) is 26.2 Å². The molecule has 1 aliphatic heterocycles. The Hall–Kier alpha value is -1.64. The van der Waals surface area contributed by atoms with E-state index in [1.165, 1.54) is 55.6 Å². The van der Waals surface area contributed by atoms with Crippen LogP contribution in [0.15, 0.2) is 54.6 Å². The lowest BCUT2D eigenvalue weighted by atomic mass is 10.1. The summed E-state index contributed by atoms with van der Waals surface area (Å²) in [7, 11) is 0. The lowest BCUT2D eigenvalue weighted by Crippen LogP contribution is -2.37. The molecule has 148 valence electrons. The van der Waals surface area contributed by atoms with Gasteiger partial charge < -0.3 is 4.90 Å². The van der Waals surface area contributed by atoms with Gasteiger partial charge in [-0.1, -0.05) is 81.8 Å². The molecule has 0 aromatic heterocycles. The maximum Gasteiger partial charge on any atom is 0.0237 e. The second-order valence-corrected chi connectivity index (χ2v) is 7.27. The van der Waals surface area contributed by atoms with Crippen LogP contribution < -0.4 is 0 Å². The van der Waals surface area contributed by atoms with E-state index in [4.69, 9.17) is 0 Å². The average molecular weight is 367 g/mol. The lowest BCUT2D eigenvalue weighted by molar-refractivity contribution is 0.173. The molecule has 0 radical (unpaired) electrons. The van der Waals surface area contributed by atoms with Crippen molar-refractivity contribution in [3.05, 3.63) is 71.3 Å². The minimum absolute atomic E-state index is 1.03. The molecule has 2 nitrogen and oxygen atoms in total. The van der Waals surface area contributed by atoms with Crippen LogP contribution >= 0.6 is 0 Å². The SMILES string of the molecule is CC.CCc1cccc(CN(CCN2CCCCC2)Cc2ccccc2)c1. The van der Waals surface area contributed by atoms with E-state index >= 15 is 0 Å². The first-order chi connectivity index (χ1) is 13.3. The highest BCUT2D eigenvalue weighted by atomic mass is 15.2. The minimum atomic E-state index is 1.03. The second kappa shape index (κ2) is 12.7. The monoisotopic (exact) mass is 366 g/mol. The fourth-order valence-corrected chi connectivity index (χ4v) is 3.73. The third kappa shape index (κ3) is 7.86. The first-order valence-corrected chi connectivity index (χ1v) is 10.9. The van der Waals surface area contributed by atoms with E-state index in [1.807, 2.05) is 13.8 Å². The van der Waals surface area contributed by atoms with Crippen LogP contribution in [0.3, 0.4) is 0 Å². The Morgan fingerprint density at radius 2 is 1.41 bits per heavy atom. The van der Waals surface area contributed by atoms with Crippen LogP contribution in [0.2, 0.25) is 0 Å². The number of hydrogen-bond donors (Lipinski definition) is 0. The molecule has 0 spiro atoms. The van der Waals surface area contributed by atoms with Gasteiger partial charge in [-0.15, -0.1) is 0 Å². The van der Waals surface area contributed by atoms with Crippen LogP contribution in [0.1, 0.15) is 56.7 Å². The fraction of sp³-hybridized carbons (Fsp3) is 0.520. The van der Waals surface area contributed by atoms with Crippen molar-refractivity contribution in [3.63, 3.8) is 0 Å². The van der Waals surface area contributed by atoms with Gasteiger partial charge in [0.25, 0.3) is 0 Å². The molecule has 0 aliphatic carbocycles. The molecular formula is C25H38N2. The molecule has 1 aliphatic rings. The number of benzene rings is 2. The van der Waals surface area contributed by atoms with E-state index in [-0.39, 0.29) is 0 Å². The van der Waals surface area contributed by atoms with Gasteiger partial charge in [0, 0.05) is 26.2 Å². The molecular weight excluding hydrogens is 328 g/mol. The molecule has 0 atom stereocenters. The van der Waals surface area contributed by atoms with Gasteiger partial charge in [0.15, 0.2) is 0 Å². The smallest absolute Gasteiger partial charge is 0.0237 e. The molecule has 27 heavy (non-hydrogen) atoms. The molecule has 0 N–H and O–H groups in total. The van der Waals surface area contributed by atoms with E-state index in [1.54, 1.807) is 0 Å². The van der Waals surface area contributed by atoms with Crippen molar-refractivity contribution >= 4 is 0 Å². The number of nitrogens with zero attached hydrogens (tertiary/aromatic N) is 2. The summed E-state index contributed by atoms with van der Waals surface area (Å²) in [6.07, 6.45) is 5.27.